The van der Waals surface area contributed by atoms with Crippen LogP contribution in [0.4, 0.5) is 9.59 Å². The van der Waals surface area contributed by atoms with Gasteiger partial charge in [-0.1, -0.05) is 36.4 Å². The Kier molecular flexibility index (Phi) is 11.1. The lowest BCUT2D eigenvalue weighted by atomic mass is 10.0. The largest absolute Gasteiger partial charge is 0.452 e. The van der Waals surface area contributed by atoms with Crippen LogP contribution in [0.5, 0.6) is 0 Å². The van der Waals surface area contributed by atoms with E-state index in [1.807, 2.05) is 0 Å². The van der Waals surface area contributed by atoms with Gasteiger partial charge < -0.3 is 28.8 Å². The van der Waals surface area contributed by atoms with Crippen molar-refractivity contribution >= 4 is 30.1 Å². The fraction of sp³-hybridized carbons (Fsp3) is 0.452. The Morgan fingerprint density at radius 2 is 1.16 bits per heavy atom. The van der Waals surface area contributed by atoms with Crippen LogP contribution in [-0.2, 0) is 23.7 Å². The molecule has 13 heteroatoms. The highest BCUT2D eigenvalue weighted by Gasteiger charge is 2.51. The highest BCUT2D eigenvalue weighted by Crippen LogP contribution is 2.30. The Balaban J connectivity index is 1.93. The van der Waals surface area contributed by atoms with Gasteiger partial charge in [0.25, 0.3) is 0 Å². The molecule has 1 aliphatic heterocycles. The van der Waals surface area contributed by atoms with E-state index >= 15 is 0 Å². The number of hydrogen-bond donors (Lipinski definition) is 3. The van der Waals surface area contributed by atoms with Crippen LogP contribution in [0.3, 0.4) is 0 Å². The molecule has 0 bridgehead atoms. The fourth-order valence-electron chi connectivity index (χ4n) is 4.02. The van der Waals surface area contributed by atoms with Gasteiger partial charge in [-0.25, -0.2) is 24.2 Å². The van der Waals surface area contributed by atoms with Gasteiger partial charge in [0, 0.05) is 0 Å². The quantitative estimate of drug-likeness (QED) is 0.188. The molecule has 2 amide bonds. The molecule has 3 rings (SSSR count). The summed E-state index contributed by atoms with van der Waals surface area (Å²) in [4.78, 5) is 55.4. The first-order chi connectivity index (χ1) is 20.5. The number of guanidine groups is 1. The molecule has 1 fully saturated rings. The van der Waals surface area contributed by atoms with Crippen molar-refractivity contribution in [2.24, 2.45) is 4.99 Å². The summed E-state index contributed by atoms with van der Waals surface area (Å²) in [5.41, 5.74) is -1.32. The lowest BCUT2D eigenvalue weighted by molar-refractivity contribution is -0.132. The monoisotopic (exact) mass is 613 g/mol. The summed E-state index contributed by atoms with van der Waals surface area (Å²) in [6.07, 6.45) is -7.56. The number of aliphatic imine (C=N–C) groups is 1. The molecule has 0 aromatic heterocycles. The van der Waals surface area contributed by atoms with E-state index in [1.165, 1.54) is 31.2 Å². The number of hydrogen-bond acceptors (Lipinski definition) is 11. The number of alkyl carbamates (subject to hydrolysis) is 2. The average Bonchev–Trinajstić information content (AvgIpc) is 3.21. The van der Waals surface area contributed by atoms with E-state index < -0.39 is 66.0 Å². The molecule has 13 nitrogen and oxygen atoms in total. The van der Waals surface area contributed by atoms with E-state index in [-0.39, 0.29) is 17.1 Å². The number of carbonyl (C=O) groups excluding carboxylic acids is 4. The first kappa shape index (κ1) is 34.0. The Morgan fingerprint density at radius 1 is 0.750 bits per heavy atom. The molecule has 3 unspecified atom stereocenters. The van der Waals surface area contributed by atoms with Gasteiger partial charge in [0.2, 0.25) is 5.96 Å². The summed E-state index contributed by atoms with van der Waals surface area (Å²) in [5, 5.41) is 15.6. The van der Waals surface area contributed by atoms with E-state index in [0.717, 1.165) is 0 Å². The van der Waals surface area contributed by atoms with Crippen molar-refractivity contribution < 1.29 is 48.0 Å². The zero-order chi connectivity index (χ0) is 32.7. The first-order valence-electron chi connectivity index (χ1n) is 14.0. The minimum Gasteiger partial charge on any atom is -0.452 e. The van der Waals surface area contributed by atoms with Crippen molar-refractivity contribution in [1.29, 1.82) is 0 Å². The van der Waals surface area contributed by atoms with Crippen molar-refractivity contribution in [1.82, 2.24) is 10.6 Å². The van der Waals surface area contributed by atoms with Crippen LogP contribution in [0.15, 0.2) is 65.7 Å². The van der Waals surface area contributed by atoms with Crippen LogP contribution in [0.25, 0.3) is 0 Å². The van der Waals surface area contributed by atoms with Gasteiger partial charge in [-0.05, 0) is 72.7 Å². The molecular weight excluding hydrogens is 574 g/mol. The Labute approximate surface area is 255 Å². The van der Waals surface area contributed by atoms with Crippen molar-refractivity contribution in [3.8, 4) is 0 Å². The van der Waals surface area contributed by atoms with Gasteiger partial charge in [0.1, 0.15) is 17.3 Å². The number of carbonyl (C=O) groups is 4. The molecule has 3 N–H and O–H groups in total. The van der Waals surface area contributed by atoms with Gasteiger partial charge in [0.05, 0.1) is 17.2 Å². The average molecular weight is 614 g/mol. The topological polar surface area (TPSA) is 171 Å². The first-order valence-corrected chi connectivity index (χ1v) is 14.0. The summed E-state index contributed by atoms with van der Waals surface area (Å²) >= 11 is 0. The second-order valence-corrected chi connectivity index (χ2v) is 11.9. The highest BCUT2D eigenvalue weighted by molar-refractivity contribution is 6.01. The molecule has 0 saturated carbocycles. The third-order valence-corrected chi connectivity index (χ3v) is 5.78. The standard InChI is InChI=1S/C31H39N3O10/c1-18(32-27(33-28(38)43-30(2,3)4)34-29(39)44-31(5,6)7)21-22(41-24(35)19-14-10-8-11-15-19)23(26(37)40-21)42-25(36)20-16-12-9-13-17-20/h8-18,21-23,26,37H,1-7H3,(H2,32,33,34,38,39)/t18-,21+,22?,23?,26?/m0/s1. The maximum atomic E-state index is 13.1. The molecule has 238 valence electrons. The summed E-state index contributed by atoms with van der Waals surface area (Å²) < 4.78 is 27.6. The molecule has 1 saturated heterocycles. The van der Waals surface area contributed by atoms with E-state index in [0.29, 0.717) is 0 Å². The van der Waals surface area contributed by atoms with Crippen LogP contribution < -0.4 is 10.6 Å². The van der Waals surface area contributed by atoms with Gasteiger partial charge >= 0.3 is 24.1 Å². The molecular formula is C31H39N3O10. The van der Waals surface area contributed by atoms with E-state index in [2.05, 4.69) is 15.6 Å². The Morgan fingerprint density at radius 3 is 1.57 bits per heavy atom. The van der Waals surface area contributed by atoms with Gasteiger partial charge in [-0.15, -0.1) is 0 Å². The maximum absolute atomic E-state index is 13.1. The third kappa shape index (κ3) is 10.3. The van der Waals surface area contributed by atoms with Crippen molar-refractivity contribution in [2.45, 2.75) is 90.3 Å². The lowest BCUT2D eigenvalue weighted by Crippen LogP contribution is -2.49. The van der Waals surface area contributed by atoms with Gasteiger partial charge in [0.15, 0.2) is 18.5 Å². The van der Waals surface area contributed by atoms with E-state index in [1.54, 1.807) is 77.9 Å². The van der Waals surface area contributed by atoms with Crippen LogP contribution in [0.1, 0.15) is 69.2 Å². The summed E-state index contributed by atoms with van der Waals surface area (Å²) in [7, 11) is 0. The van der Waals surface area contributed by atoms with Crippen LogP contribution in [0, 0.1) is 0 Å². The Bertz CT molecular complexity index is 1300. The van der Waals surface area contributed by atoms with Crippen molar-refractivity contribution in [2.75, 3.05) is 0 Å². The number of rotatable bonds is 6. The van der Waals surface area contributed by atoms with E-state index in [4.69, 9.17) is 23.7 Å². The lowest BCUT2D eigenvalue weighted by Gasteiger charge is -2.26. The highest BCUT2D eigenvalue weighted by atomic mass is 16.7. The predicted octanol–water partition coefficient (Wildman–Crippen LogP) is 3.95. The Hall–Kier alpha value is -4.49. The zero-order valence-corrected chi connectivity index (χ0v) is 25.7. The van der Waals surface area contributed by atoms with Crippen molar-refractivity contribution in [3.05, 3.63) is 71.8 Å². The van der Waals surface area contributed by atoms with Gasteiger partial charge in [-0.2, -0.15) is 0 Å². The molecule has 0 aliphatic carbocycles. The molecule has 0 spiro atoms. The zero-order valence-electron chi connectivity index (χ0n) is 25.7. The normalized spacial score (nSPS) is 20.5. The summed E-state index contributed by atoms with van der Waals surface area (Å²) in [5.74, 6) is -1.92. The second kappa shape index (κ2) is 14.3. The summed E-state index contributed by atoms with van der Waals surface area (Å²) in [6, 6.07) is 15.1. The van der Waals surface area contributed by atoms with Crippen molar-refractivity contribution in [3.63, 3.8) is 0 Å². The van der Waals surface area contributed by atoms with Crippen LogP contribution in [-0.4, -0.2) is 77.0 Å². The number of aliphatic hydroxyl groups is 1. The molecule has 1 aliphatic rings. The van der Waals surface area contributed by atoms with Crippen LogP contribution in [0.2, 0.25) is 0 Å². The SMILES string of the molecule is C[C@H](N=C(NC(=O)OC(C)(C)C)NC(=O)OC(C)(C)C)[C@H]1OC(O)C(OC(=O)c2ccccc2)C1OC(=O)c1ccccc1. The van der Waals surface area contributed by atoms with E-state index in [9.17, 15) is 24.3 Å². The minimum absolute atomic E-state index is 0.202. The van der Waals surface area contributed by atoms with Gasteiger partial charge in [-0.3, -0.25) is 10.6 Å². The molecule has 5 atom stereocenters. The predicted molar refractivity (Wildman–Crippen MR) is 158 cm³/mol. The molecule has 2 aromatic carbocycles. The third-order valence-electron chi connectivity index (χ3n) is 5.78. The molecule has 0 radical (unpaired) electrons. The number of benzene rings is 2. The second-order valence-electron chi connectivity index (χ2n) is 11.9. The number of ether oxygens (including phenoxy) is 5. The smallest absolute Gasteiger partial charge is 0.414 e. The molecule has 1 heterocycles. The number of aliphatic hydroxyl groups excluding tert-OH is 1. The minimum atomic E-state index is -1.71. The van der Waals surface area contributed by atoms with Crippen LogP contribution >= 0.6 is 0 Å². The number of amides is 2. The maximum Gasteiger partial charge on any atom is 0.414 e. The fourth-order valence-corrected chi connectivity index (χ4v) is 4.02. The number of nitrogens with zero attached hydrogens (tertiary/aromatic N) is 1. The molecule has 44 heavy (non-hydrogen) atoms. The summed E-state index contributed by atoms with van der Waals surface area (Å²) in [6.45, 7) is 11.5. The number of esters is 2. The number of nitrogens with one attached hydrogen (secondary N) is 2. The molecule has 2 aromatic rings.